The molecule has 0 spiro atoms. The van der Waals surface area contributed by atoms with Crippen molar-refractivity contribution in [3.8, 4) is 0 Å². The van der Waals surface area contributed by atoms with Crippen LogP contribution in [0.3, 0.4) is 0 Å². The number of sulfone groups is 1. The van der Waals surface area contributed by atoms with E-state index < -0.39 is 87.1 Å². The molecule has 290 valence electrons. The number of ether oxygens (including phenoxy) is 1. The van der Waals surface area contributed by atoms with Crippen molar-refractivity contribution in [1.82, 2.24) is 26.6 Å². The highest BCUT2D eigenvalue weighted by atomic mass is 32.2. The molecule has 0 saturated carbocycles. The lowest BCUT2D eigenvalue weighted by molar-refractivity contribution is -0.133. The summed E-state index contributed by atoms with van der Waals surface area (Å²) in [6, 6.07) is 4.90. The van der Waals surface area contributed by atoms with Crippen molar-refractivity contribution >= 4 is 39.6 Å². The second-order valence-corrected chi connectivity index (χ2v) is 17.6. The van der Waals surface area contributed by atoms with E-state index in [9.17, 15) is 37.5 Å². The van der Waals surface area contributed by atoms with Crippen LogP contribution >= 0.6 is 0 Å². The first-order valence-electron chi connectivity index (χ1n) is 17.5. The molecule has 0 aromatic heterocycles. The molecular formula is C36H61N5O9S. The van der Waals surface area contributed by atoms with Gasteiger partial charge in [-0.2, -0.15) is 0 Å². The van der Waals surface area contributed by atoms with E-state index in [4.69, 9.17) is 4.74 Å². The molecule has 0 saturated heterocycles. The smallest absolute Gasteiger partial charge is 0.408 e. The van der Waals surface area contributed by atoms with Crippen LogP contribution in [0.1, 0.15) is 87.6 Å². The van der Waals surface area contributed by atoms with E-state index in [1.165, 1.54) is 0 Å². The Morgan fingerprint density at radius 3 is 1.78 bits per heavy atom. The second kappa shape index (κ2) is 20.4. The van der Waals surface area contributed by atoms with Gasteiger partial charge in [-0.15, -0.1) is 0 Å². The Hall–Kier alpha value is -3.72. The van der Waals surface area contributed by atoms with E-state index >= 15 is 0 Å². The van der Waals surface area contributed by atoms with E-state index in [2.05, 4.69) is 26.6 Å². The molecule has 0 aliphatic rings. The van der Waals surface area contributed by atoms with Gasteiger partial charge in [-0.05, 0) is 56.9 Å². The summed E-state index contributed by atoms with van der Waals surface area (Å²) >= 11 is 0. The fraction of sp³-hybridized carbons (Fsp3) is 0.694. The predicted molar refractivity (Wildman–Crippen MR) is 196 cm³/mol. The van der Waals surface area contributed by atoms with E-state index in [-0.39, 0.29) is 30.6 Å². The molecule has 0 heterocycles. The molecule has 0 fully saturated rings. The van der Waals surface area contributed by atoms with Gasteiger partial charge in [0.2, 0.25) is 23.6 Å². The van der Waals surface area contributed by atoms with Gasteiger partial charge in [-0.1, -0.05) is 78.8 Å². The van der Waals surface area contributed by atoms with Crippen LogP contribution in [0.15, 0.2) is 30.3 Å². The Kier molecular flexibility index (Phi) is 18.1. The second-order valence-electron chi connectivity index (χ2n) is 15.4. The van der Waals surface area contributed by atoms with Gasteiger partial charge in [-0.25, -0.2) is 13.2 Å². The number of carbonyl (C=O) groups excluding carboxylic acids is 5. The molecule has 15 heteroatoms. The number of hydrogen-bond acceptors (Lipinski definition) is 9. The zero-order valence-electron chi connectivity index (χ0n) is 32.0. The van der Waals surface area contributed by atoms with Crippen LogP contribution in [0.25, 0.3) is 0 Å². The summed E-state index contributed by atoms with van der Waals surface area (Å²) in [7, 11) is -3.80. The van der Waals surface area contributed by atoms with Crippen molar-refractivity contribution in [3.05, 3.63) is 35.9 Å². The summed E-state index contributed by atoms with van der Waals surface area (Å²) < 4.78 is 29.9. The van der Waals surface area contributed by atoms with Crippen molar-refractivity contribution < 1.29 is 42.2 Å². The van der Waals surface area contributed by atoms with Gasteiger partial charge in [0.05, 0.1) is 17.9 Å². The lowest BCUT2D eigenvalue weighted by atomic mass is 9.91. The minimum atomic E-state index is -3.80. The molecule has 1 unspecified atom stereocenters. The van der Waals surface area contributed by atoms with Crippen molar-refractivity contribution in [3.63, 3.8) is 0 Å². The Morgan fingerprint density at radius 2 is 1.29 bits per heavy atom. The lowest BCUT2D eigenvalue weighted by Crippen LogP contribution is -2.59. The molecular weight excluding hydrogens is 678 g/mol. The fourth-order valence-electron chi connectivity index (χ4n) is 5.18. The molecule has 6 N–H and O–H groups in total. The minimum absolute atomic E-state index is 0.0287. The van der Waals surface area contributed by atoms with Crippen LogP contribution in [0.2, 0.25) is 0 Å². The first-order chi connectivity index (χ1) is 23.4. The summed E-state index contributed by atoms with van der Waals surface area (Å²) in [6.45, 7) is 17.6. The first kappa shape index (κ1) is 45.3. The molecule has 5 amide bonds. The zero-order chi connectivity index (χ0) is 39.3. The quantitative estimate of drug-likeness (QED) is 0.123. The number of rotatable bonds is 19. The van der Waals surface area contributed by atoms with E-state index in [1.54, 1.807) is 41.5 Å². The number of carbonyl (C=O) groups is 5. The van der Waals surface area contributed by atoms with E-state index in [1.807, 2.05) is 58.0 Å². The van der Waals surface area contributed by atoms with Gasteiger partial charge in [0, 0.05) is 18.7 Å². The van der Waals surface area contributed by atoms with Gasteiger partial charge in [0.15, 0.2) is 0 Å². The van der Waals surface area contributed by atoms with Crippen molar-refractivity contribution in [2.45, 2.75) is 124 Å². The molecule has 6 atom stereocenters. The maximum Gasteiger partial charge on any atom is 0.408 e. The third-order valence-electron chi connectivity index (χ3n) is 7.84. The van der Waals surface area contributed by atoms with Crippen LogP contribution in [-0.2, 0) is 40.3 Å². The molecule has 51 heavy (non-hydrogen) atoms. The average molecular weight is 740 g/mol. The summed E-state index contributed by atoms with van der Waals surface area (Å²) in [5.41, 5.74) is 0.0726. The van der Waals surface area contributed by atoms with Crippen molar-refractivity contribution in [1.29, 1.82) is 0 Å². The third kappa shape index (κ3) is 17.9. The number of aliphatic hydroxyl groups is 1. The SMILES string of the molecule is CC(C)C[C@H](NC(=O)C(CS(C)(=O)=O)NC(=O)[C@@H](NC(=O)OC(C)(C)C)C(C)C)[C@@H](O)C[C@@H](C)C(=O)N[C@H](C(=O)NCc1ccccc1)C(C)C. The maximum atomic E-state index is 13.6. The number of aliphatic hydroxyl groups excluding tert-OH is 1. The topological polar surface area (TPSA) is 209 Å². The van der Waals surface area contributed by atoms with Crippen LogP contribution in [0, 0.1) is 23.7 Å². The molecule has 1 aromatic rings. The van der Waals surface area contributed by atoms with E-state index in [0.717, 1.165) is 11.8 Å². The molecule has 0 aliphatic carbocycles. The number of alkyl carbamates (subject to hydrolysis) is 1. The highest BCUT2D eigenvalue weighted by Crippen LogP contribution is 2.17. The number of benzene rings is 1. The molecule has 1 rings (SSSR count). The van der Waals surface area contributed by atoms with Gasteiger partial charge >= 0.3 is 6.09 Å². The summed E-state index contributed by atoms with van der Waals surface area (Å²) in [6.07, 6.45) is -0.991. The normalized spacial score (nSPS) is 15.6. The van der Waals surface area contributed by atoms with E-state index in [0.29, 0.717) is 6.54 Å². The number of nitrogens with one attached hydrogen (secondary N) is 5. The van der Waals surface area contributed by atoms with Gasteiger partial charge in [0.25, 0.3) is 0 Å². The molecule has 1 aromatic carbocycles. The highest BCUT2D eigenvalue weighted by molar-refractivity contribution is 7.90. The third-order valence-corrected chi connectivity index (χ3v) is 8.78. The average Bonchev–Trinajstić information content (AvgIpc) is 2.98. The molecule has 0 bridgehead atoms. The Balaban J connectivity index is 3.08. The first-order valence-corrected chi connectivity index (χ1v) is 19.5. The van der Waals surface area contributed by atoms with Gasteiger partial charge < -0.3 is 36.4 Å². The minimum Gasteiger partial charge on any atom is -0.444 e. The van der Waals surface area contributed by atoms with Crippen molar-refractivity contribution in [2.75, 3.05) is 12.0 Å². The van der Waals surface area contributed by atoms with Gasteiger partial charge in [-0.3, -0.25) is 19.2 Å². The number of hydrogen-bond donors (Lipinski definition) is 6. The molecule has 0 aliphatic heterocycles. The number of amides is 5. The summed E-state index contributed by atoms with van der Waals surface area (Å²) in [4.78, 5) is 65.6. The monoisotopic (exact) mass is 739 g/mol. The van der Waals surface area contributed by atoms with Crippen LogP contribution in [0.5, 0.6) is 0 Å². The van der Waals surface area contributed by atoms with Crippen molar-refractivity contribution in [2.24, 2.45) is 23.7 Å². The maximum absolute atomic E-state index is 13.6. The highest BCUT2D eigenvalue weighted by Gasteiger charge is 2.35. The zero-order valence-corrected chi connectivity index (χ0v) is 32.8. The standard InChI is InChI=1S/C36H61N5O9S/c1-21(2)17-26(28(42)18-24(7)31(43)40-29(22(3)4)33(45)37-19-25-15-13-12-14-16-25)38-32(44)27(20-51(11,48)49)39-34(46)30(23(5)6)41-35(47)50-36(8,9)10/h12-16,21-24,26-30,42H,17-20H2,1-11H3,(H,37,45)(H,38,44)(H,39,46)(H,40,43)(H,41,47)/t24-,26+,27?,28+,29+,30+/m1/s1. The van der Waals surface area contributed by atoms with Crippen LogP contribution in [0.4, 0.5) is 4.79 Å². The van der Waals surface area contributed by atoms with Crippen LogP contribution in [-0.4, -0.2) is 91.1 Å². The fourth-order valence-corrected chi connectivity index (χ4v) is 6.02. The summed E-state index contributed by atoms with van der Waals surface area (Å²) in [5, 5.41) is 24.6. The molecule has 0 radical (unpaired) electrons. The van der Waals surface area contributed by atoms with Gasteiger partial charge in [0.1, 0.15) is 33.6 Å². The Bertz CT molecular complexity index is 1410. The Labute approximate surface area is 303 Å². The lowest BCUT2D eigenvalue weighted by Gasteiger charge is -2.31. The van der Waals surface area contributed by atoms with Crippen LogP contribution < -0.4 is 26.6 Å². The largest absolute Gasteiger partial charge is 0.444 e. The molecule has 14 nitrogen and oxygen atoms in total. The summed E-state index contributed by atoms with van der Waals surface area (Å²) in [5.74, 6) is -4.68. The Morgan fingerprint density at radius 1 is 0.745 bits per heavy atom. The predicted octanol–water partition coefficient (Wildman–Crippen LogP) is 2.44.